The molecule has 5 unspecified atom stereocenters. The molecule has 5 atom stereocenters. The molecule has 3 rings (SSSR count). The molecule has 0 amide bonds. The quantitative estimate of drug-likeness (QED) is 0.768. The molecule has 1 N–H and O–H groups in total. The molecule has 3 fully saturated rings. The Morgan fingerprint density at radius 1 is 1.41 bits per heavy atom. The molecule has 3 aliphatic heterocycles. The monoisotopic (exact) mass is 239 g/mol. The van der Waals surface area contributed by atoms with Gasteiger partial charge in [0.1, 0.15) is 11.7 Å². The number of rotatable bonds is 2. The first-order valence-electron chi connectivity index (χ1n) is 6.23. The summed E-state index contributed by atoms with van der Waals surface area (Å²) in [4.78, 5) is 0. The summed E-state index contributed by atoms with van der Waals surface area (Å²) in [6.45, 7) is 0.401. The van der Waals surface area contributed by atoms with Gasteiger partial charge in [0.05, 0.1) is 24.9 Å². The van der Waals surface area contributed by atoms with E-state index in [4.69, 9.17) is 19.5 Å². The van der Waals surface area contributed by atoms with Gasteiger partial charge in [-0.15, -0.1) is 0 Å². The average molecular weight is 239 g/mol. The van der Waals surface area contributed by atoms with Crippen molar-refractivity contribution in [3.63, 3.8) is 0 Å². The minimum absolute atomic E-state index is 0.0444. The smallest absolute Gasteiger partial charge is 0.181 e. The molecule has 17 heavy (non-hydrogen) atoms. The van der Waals surface area contributed by atoms with E-state index in [9.17, 15) is 5.11 Å². The number of fused-ring (bicyclic) bond motifs is 1. The van der Waals surface area contributed by atoms with Crippen molar-refractivity contribution in [2.75, 3.05) is 6.61 Å². The number of nitrogens with zero attached hydrogens (tertiary/aromatic N) is 1. The van der Waals surface area contributed by atoms with Crippen LogP contribution in [-0.4, -0.2) is 41.9 Å². The Kier molecular flexibility index (Phi) is 2.83. The molecule has 3 aliphatic rings. The summed E-state index contributed by atoms with van der Waals surface area (Å²) in [7, 11) is 0. The van der Waals surface area contributed by atoms with E-state index in [0.29, 0.717) is 19.4 Å². The van der Waals surface area contributed by atoms with Gasteiger partial charge in [-0.1, -0.05) is 0 Å². The molecule has 2 bridgehead atoms. The Balaban J connectivity index is 1.70. The van der Waals surface area contributed by atoms with Gasteiger partial charge in [-0.25, -0.2) is 0 Å². The van der Waals surface area contributed by atoms with Crippen LogP contribution in [0.4, 0.5) is 0 Å². The van der Waals surface area contributed by atoms with Gasteiger partial charge in [0.15, 0.2) is 6.29 Å². The first-order chi connectivity index (χ1) is 8.23. The zero-order valence-corrected chi connectivity index (χ0v) is 9.67. The van der Waals surface area contributed by atoms with Crippen LogP contribution in [0.1, 0.15) is 32.1 Å². The van der Waals surface area contributed by atoms with Crippen LogP contribution in [0.25, 0.3) is 0 Å². The number of nitriles is 1. The lowest BCUT2D eigenvalue weighted by atomic mass is 9.85. The lowest BCUT2D eigenvalue weighted by Crippen LogP contribution is -2.53. The van der Waals surface area contributed by atoms with Crippen molar-refractivity contribution in [2.45, 2.75) is 62.3 Å². The van der Waals surface area contributed by atoms with E-state index in [1.807, 2.05) is 0 Å². The Morgan fingerprint density at radius 3 is 3.12 bits per heavy atom. The standard InChI is InChI=1S/C12H17NO4/c13-5-1-2-8-3-4-10-12(17-8)6-9(16-10)11(14)15-7-12/h8-11,14H,1-4,6-7H2. The molecule has 5 nitrogen and oxygen atoms in total. The second-order valence-corrected chi connectivity index (χ2v) is 5.15. The van der Waals surface area contributed by atoms with E-state index in [1.165, 1.54) is 0 Å². The molecule has 0 aromatic rings. The van der Waals surface area contributed by atoms with Crippen molar-refractivity contribution in [2.24, 2.45) is 0 Å². The number of aliphatic hydroxyl groups excluding tert-OH is 1. The van der Waals surface area contributed by atoms with Crippen LogP contribution in [0.5, 0.6) is 0 Å². The molecular weight excluding hydrogens is 222 g/mol. The van der Waals surface area contributed by atoms with E-state index >= 15 is 0 Å². The molecule has 1 spiro atoms. The van der Waals surface area contributed by atoms with Crippen LogP contribution in [0.3, 0.4) is 0 Å². The minimum Gasteiger partial charge on any atom is -0.366 e. The maximum absolute atomic E-state index is 9.60. The van der Waals surface area contributed by atoms with Crippen LogP contribution >= 0.6 is 0 Å². The lowest BCUT2D eigenvalue weighted by molar-refractivity contribution is -0.222. The van der Waals surface area contributed by atoms with E-state index in [1.54, 1.807) is 0 Å². The normalized spacial score (nSPS) is 48.5. The zero-order chi connectivity index (χ0) is 11.9. The van der Waals surface area contributed by atoms with Gasteiger partial charge in [0, 0.05) is 12.8 Å². The third-order valence-corrected chi connectivity index (χ3v) is 4.02. The van der Waals surface area contributed by atoms with Crippen LogP contribution in [-0.2, 0) is 14.2 Å². The highest BCUT2D eigenvalue weighted by Gasteiger charge is 2.58. The highest BCUT2D eigenvalue weighted by atomic mass is 16.7. The summed E-state index contributed by atoms with van der Waals surface area (Å²) in [5.74, 6) is 0. The van der Waals surface area contributed by atoms with E-state index < -0.39 is 6.29 Å². The summed E-state index contributed by atoms with van der Waals surface area (Å²) in [6.07, 6.45) is 2.99. The zero-order valence-electron chi connectivity index (χ0n) is 9.67. The van der Waals surface area contributed by atoms with Crippen molar-refractivity contribution in [3.05, 3.63) is 0 Å². The predicted molar refractivity (Wildman–Crippen MR) is 56.9 cm³/mol. The van der Waals surface area contributed by atoms with Crippen LogP contribution in [0.2, 0.25) is 0 Å². The summed E-state index contributed by atoms with van der Waals surface area (Å²) < 4.78 is 17.2. The second-order valence-electron chi connectivity index (χ2n) is 5.15. The third-order valence-electron chi connectivity index (χ3n) is 4.02. The van der Waals surface area contributed by atoms with E-state index in [-0.39, 0.29) is 23.9 Å². The van der Waals surface area contributed by atoms with Crippen LogP contribution < -0.4 is 0 Å². The van der Waals surface area contributed by atoms with Crippen molar-refractivity contribution in [1.82, 2.24) is 0 Å². The SMILES string of the molecule is N#CCCC1CCC2OC3CC2(COC3O)O1. The number of aliphatic hydroxyl groups is 1. The molecule has 3 heterocycles. The van der Waals surface area contributed by atoms with Gasteiger partial charge < -0.3 is 19.3 Å². The highest BCUT2D eigenvalue weighted by molar-refractivity contribution is 5.04. The molecule has 0 aliphatic carbocycles. The second kappa shape index (κ2) is 4.21. The lowest BCUT2D eigenvalue weighted by Gasteiger charge is -2.42. The minimum atomic E-state index is -0.813. The summed E-state index contributed by atoms with van der Waals surface area (Å²) in [5, 5.41) is 18.2. The molecule has 94 valence electrons. The topological polar surface area (TPSA) is 71.7 Å². The van der Waals surface area contributed by atoms with Gasteiger partial charge >= 0.3 is 0 Å². The van der Waals surface area contributed by atoms with Crippen LogP contribution in [0.15, 0.2) is 0 Å². The Labute approximate surface area is 100 Å². The summed E-state index contributed by atoms with van der Waals surface area (Å²) in [6, 6.07) is 2.15. The molecule has 3 saturated heterocycles. The van der Waals surface area contributed by atoms with Gasteiger partial charge in [0.25, 0.3) is 0 Å². The summed E-state index contributed by atoms with van der Waals surface area (Å²) >= 11 is 0. The van der Waals surface area contributed by atoms with Crippen molar-refractivity contribution < 1.29 is 19.3 Å². The van der Waals surface area contributed by atoms with Gasteiger partial charge in [-0.2, -0.15) is 5.26 Å². The number of ether oxygens (including phenoxy) is 3. The van der Waals surface area contributed by atoms with E-state index in [2.05, 4.69) is 6.07 Å². The fraction of sp³-hybridized carbons (Fsp3) is 0.917. The van der Waals surface area contributed by atoms with Crippen molar-refractivity contribution in [1.29, 1.82) is 5.26 Å². The summed E-state index contributed by atoms with van der Waals surface area (Å²) in [5.41, 5.74) is -0.373. The highest BCUT2D eigenvalue weighted by Crippen LogP contribution is 2.46. The number of hydrogen-bond acceptors (Lipinski definition) is 5. The molecule has 0 aromatic heterocycles. The maximum Gasteiger partial charge on any atom is 0.181 e. The van der Waals surface area contributed by atoms with Crippen molar-refractivity contribution in [3.8, 4) is 6.07 Å². The molecule has 5 heteroatoms. The fourth-order valence-electron chi connectivity index (χ4n) is 3.15. The Hall–Kier alpha value is -0.670. The van der Waals surface area contributed by atoms with Gasteiger partial charge in [-0.3, -0.25) is 0 Å². The molecule has 0 radical (unpaired) electrons. The molecule has 0 saturated carbocycles. The molecular formula is C12H17NO4. The largest absolute Gasteiger partial charge is 0.366 e. The average Bonchev–Trinajstić information content (AvgIpc) is 2.66. The Morgan fingerprint density at radius 2 is 2.29 bits per heavy atom. The van der Waals surface area contributed by atoms with Crippen molar-refractivity contribution >= 4 is 0 Å². The maximum atomic E-state index is 9.60. The van der Waals surface area contributed by atoms with Gasteiger partial charge in [-0.05, 0) is 19.3 Å². The number of hydrogen-bond donors (Lipinski definition) is 1. The third kappa shape index (κ3) is 1.85. The first-order valence-corrected chi connectivity index (χ1v) is 6.23. The fourth-order valence-corrected chi connectivity index (χ4v) is 3.15. The molecule has 0 aromatic carbocycles. The van der Waals surface area contributed by atoms with E-state index in [0.717, 1.165) is 19.3 Å². The Bertz CT molecular complexity index is 342. The van der Waals surface area contributed by atoms with Crippen LogP contribution in [0, 0.1) is 11.3 Å². The first kappa shape index (κ1) is 11.4. The van der Waals surface area contributed by atoms with Gasteiger partial charge in [0.2, 0.25) is 0 Å². The predicted octanol–water partition coefficient (Wildman–Crippen LogP) is 0.714.